The lowest BCUT2D eigenvalue weighted by atomic mass is 10.0. The molecule has 1 aliphatic rings. The van der Waals surface area contributed by atoms with Gasteiger partial charge in [-0.2, -0.15) is 0 Å². The number of rotatable bonds is 7. The summed E-state index contributed by atoms with van der Waals surface area (Å²) in [5, 5.41) is 12.8. The van der Waals surface area contributed by atoms with E-state index in [0.29, 0.717) is 19.5 Å². The molecule has 0 aliphatic carbocycles. The van der Waals surface area contributed by atoms with Crippen molar-refractivity contribution in [3.05, 3.63) is 48.0 Å². The number of nitrogens with zero attached hydrogens (tertiary/aromatic N) is 2. The summed E-state index contributed by atoms with van der Waals surface area (Å²) in [4.78, 5) is 15.6. The topological polar surface area (TPSA) is 43.8 Å². The van der Waals surface area contributed by atoms with E-state index in [1.54, 1.807) is 4.90 Å². The van der Waals surface area contributed by atoms with Gasteiger partial charge in [0.05, 0.1) is 6.10 Å². The van der Waals surface area contributed by atoms with E-state index in [1.807, 2.05) is 7.05 Å². The van der Waals surface area contributed by atoms with Crippen molar-refractivity contribution in [1.29, 1.82) is 0 Å². The minimum atomic E-state index is -0.482. The Kier molecular flexibility index (Phi) is 5.48. The SMILES string of the molecule is CN(CCc1cccc2ccccc12)C[C@H](O)CN1CCCC1=O. The first-order chi connectivity index (χ1) is 11.6. The van der Waals surface area contributed by atoms with E-state index in [-0.39, 0.29) is 5.91 Å². The molecule has 0 aromatic heterocycles. The van der Waals surface area contributed by atoms with Crippen molar-refractivity contribution < 1.29 is 9.90 Å². The number of likely N-dealkylation sites (N-methyl/N-ethyl adjacent to an activating group) is 1. The first kappa shape index (κ1) is 16.9. The number of fused-ring (bicyclic) bond motifs is 1. The molecule has 1 atom stereocenters. The van der Waals surface area contributed by atoms with E-state index in [4.69, 9.17) is 0 Å². The summed E-state index contributed by atoms with van der Waals surface area (Å²) < 4.78 is 0. The van der Waals surface area contributed by atoms with Gasteiger partial charge < -0.3 is 14.9 Å². The van der Waals surface area contributed by atoms with Gasteiger partial charge in [0.15, 0.2) is 0 Å². The summed E-state index contributed by atoms with van der Waals surface area (Å²) in [7, 11) is 2.03. The molecule has 2 aromatic rings. The second-order valence-corrected chi connectivity index (χ2v) is 6.75. The molecule has 1 aliphatic heterocycles. The van der Waals surface area contributed by atoms with E-state index >= 15 is 0 Å². The Morgan fingerprint density at radius 3 is 2.79 bits per heavy atom. The molecule has 0 bridgehead atoms. The molecule has 128 valence electrons. The normalized spacial score (nSPS) is 16.3. The average molecular weight is 326 g/mol. The summed E-state index contributed by atoms with van der Waals surface area (Å²) in [5.74, 6) is 0.174. The van der Waals surface area contributed by atoms with E-state index in [9.17, 15) is 9.90 Å². The summed E-state index contributed by atoms with van der Waals surface area (Å²) in [6.07, 6.45) is 2.02. The van der Waals surface area contributed by atoms with Crippen LogP contribution in [0.25, 0.3) is 10.8 Å². The first-order valence-electron chi connectivity index (χ1n) is 8.74. The molecular formula is C20H26N2O2. The molecule has 0 spiro atoms. The van der Waals surface area contributed by atoms with Crippen molar-refractivity contribution in [3.8, 4) is 0 Å². The maximum absolute atomic E-state index is 11.6. The summed E-state index contributed by atoms with van der Waals surface area (Å²) in [5.41, 5.74) is 1.34. The molecule has 4 heteroatoms. The molecule has 1 heterocycles. The van der Waals surface area contributed by atoms with E-state index in [1.165, 1.54) is 16.3 Å². The van der Waals surface area contributed by atoms with Crippen molar-refractivity contribution in [1.82, 2.24) is 9.80 Å². The van der Waals surface area contributed by atoms with Crippen LogP contribution in [0.1, 0.15) is 18.4 Å². The van der Waals surface area contributed by atoms with Crippen LogP contribution in [0, 0.1) is 0 Å². The maximum Gasteiger partial charge on any atom is 0.222 e. The second-order valence-electron chi connectivity index (χ2n) is 6.75. The highest BCUT2D eigenvalue weighted by Gasteiger charge is 2.22. The second kappa shape index (κ2) is 7.77. The quantitative estimate of drug-likeness (QED) is 0.849. The van der Waals surface area contributed by atoms with Crippen LogP contribution in [0.4, 0.5) is 0 Å². The van der Waals surface area contributed by atoms with Gasteiger partial charge in [0, 0.05) is 32.6 Å². The summed E-state index contributed by atoms with van der Waals surface area (Å²) in [6, 6.07) is 14.9. The number of likely N-dealkylation sites (tertiary alicyclic amines) is 1. The largest absolute Gasteiger partial charge is 0.390 e. The lowest BCUT2D eigenvalue weighted by molar-refractivity contribution is -0.129. The van der Waals surface area contributed by atoms with Gasteiger partial charge in [0.2, 0.25) is 5.91 Å². The minimum absolute atomic E-state index is 0.174. The Morgan fingerprint density at radius 2 is 2.00 bits per heavy atom. The molecule has 0 unspecified atom stereocenters. The smallest absolute Gasteiger partial charge is 0.222 e. The van der Waals surface area contributed by atoms with Crippen LogP contribution in [0.5, 0.6) is 0 Å². The zero-order valence-corrected chi connectivity index (χ0v) is 14.3. The van der Waals surface area contributed by atoms with Crippen molar-refractivity contribution in [2.24, 2.45) is 0 Å². The van der Waals surface area contributed by atoms with Crippen molar-refractivity contribution in [2.45, 2.75) is 25.4 Å². The molecule has 1 fully saturated rings. The molecule has 4 nitrogen and oxygen atoms in total. The number of carbonyl (C=O) groups excluding carboxylic acids is 1. The van der Waals surface area contributed by atoms with Crippen LogP contribution in [0.2, 0.25) is 0 Å². The van der Waals surface area contributed by atoms with Crippen molar-refractivity contribution in [3.63, 3.8) is 0 Å². The zero-order chi connectivity index (χ0) is 16.9. The molecule has 2 aromatic carbocycles. The van der Waals surface area contributed by atoms with Gasteiger partial charge in [0.1, 0.15) is 0 Å². The van der Waals surface area contributed by atoms with E-state index in [0.717, 1.165) is 25.9 Å². The van der Waals surface area contributed by atoms with Crippen molar-refractivity contribution in [2.75, 3.05) is 33.2 Å². The fraction of sp³-hybridized carbons (Fsp3) is 0.450. The monoisotopic (exact) mass is 326 g/mol. The Hall–Kier alpha value is -1.91. The zero-order valence-electron chi connectivity index (χ0n) is 14.3. The molecule has 1 saturated heterocycles. The highest BCUT2D eigenvalue weighted by molar-refractivity contribution is 5.85. The molecule has 0 saturated carbocycles. The van der Waals surface area contributed by atoms with Gasteiger partial charge in [-0.1, -0.05) is 42.5 Å². The number of β-amino-alcohol motifs (C(OH)–C–C–N with tert-alkyl or cyclic N) is 1. The molecular weight excluding hydrogens is 300 g/mol. The predicted octanol–water partition coefficient (Wildman–Crippen LogP) is 2.30. The van der Waals surface area contributed by atoms with Gasteiger partial charge >= 0.3 is 0 Å². The number of carbonyl (C=O) groups is 1. The van der Waals surface area contributed by atoms with Crippen LogP contribution < -0.4 is 0 Å². The molecule has 24 heavy (non-hydrogen) atoms. The standard InChI is InChI=1S/C20H26N2O2/c1-21(14-18(23)15-22-12-5-10-20(22)24)13-11-17-8-4-7-16-6-2-3-9-19(16)17/h2-4,6-9,18,23H,5,10-15H2,1H3/t18-/m0/s1. The Balaban J connectivity index is 1.51. The number of aliphatic hydroxyl groups excluding tert-OH is 1. The molecule has 0 radical (unpaired) electrons. The number of benzene rings is 2. The lowest BCUT2D eigenvalue weighted by Gasteiger charge is -2.24. The highest BCUT2D eigenvalue weighted by Crippen LogP contribution is 2.19. The third-order valence-corrected chi connectivity index (χ3v) is 4.77. The van der Waals surface area contributed by atoms with Crippen LogP contribution >= 0.6 is 0 Å². The van der Waals surface area contributed by atoms with E-state index < -0.39 is 6.10 Å². The van der Waals surface area contributed by atoms with Gasteiger partial charge in [-0.05, 0) is 36.2 Å². The number of hydrogen-bond donors (Lipinski definition) is 1. The number of amides is 1. The fourth-order valence-electron chi connectivity index (χ4n) is 3.48. The maximum atomic E-state index is 11.6. The van der Waals surface area contributed by atoms with Gasteiger partial charge in [-0.25, -0.2) is 0 Å². The molecule has 1 N–H and O–H groups in total. The van der Waals surface area contributed by atoms with Crippen molar-refractivity contribution >= 4 is 16.7 Å². The predicted molar refractivity (Wildman–Crippen MR) is 97.0 cm³/mol. The average Bonchev–Trinajstić information content (AvgIpc) is 2.97. The highest BCUT2D eigenvalue weighted by atomic mass is 16.3. The van der Waals surface area contributed by atoms with E-state index in [2.05, 4.69) is 47.4 Å². The van der Waals surface area contributed by atoms with Gasteiger partial charge in [0.25, 0.3) is 0 Å². The van der Waals surface area contributed by atoms with Crippen LogP contribution in [0.3, 0.4) is 0 Å². The summed E-state index contributed by atoms with van der Waals surface area (Å²) >= 11 is 0. The van der Waals surface area contributed by atoms with Crippen LogP contribution in [0.15, 0.2) is 42.5 Å². The lowest BCUT2D eigenvalue weighted by Crippen LogP contribution is -2.40. The minimum Gasteiger partial charge on any atom is -0.390 e. The molecule has 3 rings (SSSR count). The summed E-state index contributed by atoms with van der Waals surface area (Å²) in [6.45, 7) is 2.72. The Morgan fingerprint density at radius 1 is 1.21 bits per heavy atom. The third-order valence-electron chi connectivity index (χ3n) is 4.77. The van der Waals surface area contributed by atoms with Crippen LogP contribution in [-0.2, 0) is 11.2 Å². The number of hydrogen-bond acceptors (Lipinski definition) is 3. The fourth-order valence-corrected chi connectivity index (χ4v) is 3.48. The van der Waals surface area contributed by atoms with Crippen LogP contribution in [-0.4, -0.2) is 60.1 Å². The molecule has 1 amide bonds. The Bertz CT molecular complexity index is 696. The third kappa shape index (κ3) is 4.13. The Labute approximate surface area is 143 Å². The first-order valence-corrected chi connectivity index (χ1v) is 8.74. The van der Waals surface area contributed by atoms with Gasteiger partial charge in [-0.15, -0.1) is 0 Å². The van der Waals surface area contributed by atoms with Gasteiger partial charge in [-0.3, -0.25) is 4.79 Å². The number of aliphatic hydroxyl groups is 1.